The molecule has 1 atom stereocenters. The van der Waals surface area contributed by atoms with E-state index in [-0.39, 0.29) is 25.1 Å². The zero-order chi connectivity index (χ0) is 13.7. The molecule has 0 aromatic carbocycles. The van der Waals surface area contributed by atoms with Gasteiger partial charge in [0.05, 0.1) is 19.3 Å². The number of hydrogen-bond acceptors (Lipinski definition) is 6. The van der Waals surface area contributed by atoms with E-state index in [9.17, 15) is 9.70 Å². The van der Waals surface area contributed by atoms with Gasteiger partial charge >= 0.3 is 0 Å². The molecule has 0 spiro atoms. The normalized spacial score (nSPS) is 26.4. The van der Waals surface area contributed by atoms with Gasteiger partial charge in [0.1, 0.15) is 6.54 Å². The number of morpholine rings is 1. The second-order valence-electron chi connectivity index (χ2n) is 5.12. The Kier molecular flexibility index (Phi) is 5.24. The molecule has 0 bridgehead atoms. The molecule has 2 aliphatic heterocycles. The molecule has 2 rings (SSSR count). The molecule has 0 aromatic heterocycles. The molecule has 0 radical (unpaired) electrons. The van der Waals surface area contributed by atoms with E-state index in [1.807, 2.05) is 4.90 Å². The van der Waals surface area contributed by atoms with E-state index < -0.39 is 0 Å². The molecule has 1 unspecified atom stereocenters. The van der Waals surface area contributed by atoms with Crippen LogP contribution in [-0.2, 0) is 9.53 Å². The molecule has 2 aliphatic rings. The lowest BCUT2D eigenvalue weighted by molar-refractivity contribution is -0.131. The number of likely N-dealkylation sites (tertiary alicyclic amines) is 1. The molecule has 1 amide bonds. The molecule has 19 heavy (non-hydrogen) atoms. The first-order chi connectivity index (χ1) is 9.24. The van der Waals surface area contributed by atoms with E-state index in [1.54, 1.807) is 0 Å². The minimum atomic E-state index is -0.0741. The third-order valence-corrected chi connectivity index (χ3v) is 3.96. The van der Waals surface area contributed by atoms with Gasteiger partial charge in [-0.3, -0.25) is 9.69 Å². The van der Waals surface area contributed by atoms with Crippen molar-refractivity contribution < 1.29 is 9.53 Å². The Balaban J connectivity index is 1.80. The first-order valence-electron chi connectivity index (χ1n) is 6.87. The van der Waals surface area contributed by atoms with Crippen LogP contribution in [0.2, 0.25) is 0 Å². The van der Waals surface area contributed by atoms with Gasteiger partial charge in [-0.1, -0.05) is 5.18 Å². The Morgan fingerprint density at radius 1 is 1.32 bits per heavy atom. The summed E-state index contributed by atoms with van der Waals surface area (Å²) in [7, 11) is 0. The summed E-state index contributed by atoms with van der Waals surface area (Å²) in [6.07, 6.45) is 1.86. The van der Waals surface area contributed by atoms with Crippen LogP contribution in [0.3, 0.4) is 0 Å². The molecule has 2 N–H and O–H groups in total. The number of ether oxygens (including phenoxy) is 1. The maximum Gasteiger partial charge on any atom is 0.236 e. The topological polar surface area (TPSA) is 88.2 Å². The van der Waals surface area contributed by atoms with E-state index in [0.717, 1.165) is 39.0 Å². The summed E-state index contributed by atoms with van der Waals surface area (Å²) in [5.41, 5.74) is 5.37. The zero-order valence-corrected chi connectivity index (χ0v) is 11.2. The zero-order valence-electron chi connectivity index (χ0n) is 11.2. The summed E-state index contributed by atoms with van der Waals surface area (Å²) in [5, 5.41) is 2.92. The summed E-state index contributed by atoms with van der Waals surface area (Å²) in [5.74, 6) is 0.0310. The summed E-state index contributed by atoms with van der Waals surface area (Å²) >= 11 is 0. The Morgan fingerprint density at radius 3 is 2.68 bits per heavy atom. The molecule has 0 saturated carbocycles. The van der Waals surface area contributed by atoms with Gasteiger partial charge < -0.3 is 15.4 Å². The maximum atomic E-state index is 11.5. The summed E-state index contributed by atoms with van der Waals surface area (Å²) < 4.78 is 5.50. The van der Waals surface area contributed by atoms with Crippen LogP contribution in [0.1, 0.15) is 12.8 Å². The predicted octanol–water partition coefficient (Wildman–Crippen LogP) is -0.597. The lowest BCUT2D eigenvalue weighted by atomic mass is 10.0. The Hall–Kier alpha value is -1.05. The Bertz CT molecular complexity index is 318. The van der Waals surface area contributed by atoms with Crippen LogP contribution >= 0.6 is 0 Å². The van der Waals surface area contributed by atoms with Crippen LogP contribution in [0.4, 0.5) is 0 Å². The van der Waals surface area contributed by atoms with Gasteiger partial charge in [-0.05, 0) is 12.8 Å². The Morgan fingerprint density at radius 2 is 2.05 bits per heavy atom. The lowest BCUT2D eigenvalue weighted by Gasteiger charge is -2.41. The second kappa shape index (κ2) is 6.93. The molecular weight excluding hydrogens is 248 g/mol. The van der Waals surface area contributed by atoms with Crippen LogP contribution in [0.15, 0.2) is 5.18 Å². The molecule has 0 aromatic rings. The number of amides is 1. The predicted molar refractivity (Wildman–Crippen MR) is 70.6 cm³/mol. The molecule has 7 nitrogen and oxygen atoms in total. The number of nitrogens with two attached hydrogens (primary N) is 1. The number of hydrogen-bond donors (Lipinski definition) is 1. The van der Waals surface area contributed by atoms with Crippen molar-refractivity contribution in [1.29, 1.82) is 0 Å². The summed E-state index contributed by atoms with van der Waals surface area (Å²) in [6, 6.07) is 0.472. The van der Waals surface area contributed by atoms with Gasteiger partial charge in [0.15, 0.2) is 0 Å². The summed E-state index contributed by atoms with van der Waals surface area (Å²) in [6.45, 7) is 4.17. The van der Waals surface area contributed by atoms with Crippen molar-refractivity contribution in [2.45, 2.75) is 25.0 Å². The number of nitrogens with zero attached hydrogens (tertiary/aromatic N) is 3. The highest BCUT2D eigenvalue weighted by atomic mass is 16.5. The maximum absolute atomic E-state index is 11.5. The molecule has 108 valence electrons. The van der Waals surface area contributed by atoms with Crippen LogP contribution in [-0.4, -0.2) is 73.7 Å². The van der Waals surface area contributed by atoms with E-state index in [0.29, 0.717) is 12.6 Å². The highest BCUT2D eigenvalue weighted by Gasteiger charge is 2.30. The van der Waals surface area contributed by atoms with Gasteiger partial charge in [-0.25, -0.2) is 0 Å². The molecule has 2 fully saturated rings. The number of piperidine rings is 1. The second-order valence-corrected chi connectivity index (χ2v) is 5.12. The number of carbonyl (C=O) groups excluding carboxylic acids is 1. The average Bonchev–Trinajstić information content (AvgIpc) is 2.47. The van der Waals surface area contributed by atoms with Crippen molar-refractivity contribution in [2.24, 2.45) is 10.9 Å². The standard InChI is InChI=1S/C12H22N4O3/c13-7-12(17)15-3-1-10(2-4-15)16-5-6-19-11(9-16)8-14-18/h10-11H,1-9,13H2. The van der Waals surface area contributed by atoms with E-state index in [1.165, 1.54) is 0 Å². The van der Waals surface area contributed by atoms with Gasteiger partial charge in [-0.15, -0.1) is 0 Å². The van der Waals surface area contributed by atoms with Crippen LogP contribution in [0.25, 0.3) is 0 Å². The molecule has 0 aliphatic carbocycles. The van der Waals surface area contributed by atoms with Crippen molar-refractivity contribution in [3.05, 3.63) is 4.91 Å². The molecule has 2 heterocycles. The van der Waals surface area contributed by atoms with E-state index in [4.69, 9.17) is 10.5 Å². The van der Waals surface area contributed by atoms with Gasteiger partial charge in [0, 0.05) is 32.2 Å². The van der Waals surface area contributed by atoms with Crippen LogP contribution in [0, 0.1) is 4.91 Å². The fourth-order valence-corrected chi connectivity index (χ4v) is 2.88. The van der Waals surface area contributed by atoms with Crippen molar-refractivity contribution in [3.63, 3.8) is 0 Å². The SMILES string of the molecule is NCC(=O)N1CCC(N2CCOC(CN=O)C2)CC1. The van der Waals surface area contributed by atoms with Gasteiger partial charge in [-0.2, -0.15) is 4.91 Å². The van der Waals surface area contributed by atoms with Crippen molar-refractivity contribution in [2.75, 3.05) is 45.9 Å². The first-order valence-corrected chi connectivity index (χ1v) is 6.87. The smallest absolute Gasteiger partial charge is 0.236 e. The highest BCUT2D eigenvalue weighted by molar-refractivity contribution is 5.78. The lowest BCUT2D eigenvalue weighted by Crippen LogP contribution is -2.53. The van der Waals surface area contributed by atoms with Crippen molar-refractivity contribution in [3.8, 4) is 0 Å². The van der Waals surface area contributed by atoms with Crippen molar-refractivity contribution >= 4 is 5.91 Å². The Labute approximate surface area is 113 Å². The van der Waals surface area contributed by atoms with Crippen LogP contribution in [0.5, 0.6) is 0 Å². The molecular formula is C12H22N4O3. The number of nitroso groups, excluding NO2 is 1. The highest BCUT2D eigenvalue weighted by Crippen LogP contribution is 2.19. The molecule has 2 saturated heterocycles. The quantitative estimate of drug-likeness (QED) is 0.689. The number of carbonyl (C=O) groups is 1. The van der Waals surface area contributed by atoms with E-state index in [2.05, 4.69) is 10.1 Å². The minimum absolute atomic E-state index is 0.0310. The summed E-state index contributed by atoms with van der Waals surface area (Å²) in [4.78, 5) is 26.0. The third-order valence-electron chi connectivity index (χ3n) is 3.96. The fourth-order valence-electron chi connectivity index (χ4n) is 2.88. The number of rotatable bonds is 4. The fraction of sp³-hybridized carbons (Fsp3) is 0.917. The largest absolute Gasteiger partial charge is 0.373 e. The van der Waals surface area contributed by atoms with Crippen LogP contribution < -0.4 is 5.73 Å². The monoisotopic (exact) mass is 270 g/mol. The third kappa shape index (κ3) is 3.71. The van der Waals surface area contributed by atoms with Crippen molar-refractivity contribution in [1.82, 2.24) is 9.80 Å². The molecule has 7 heteroatoms. The van der Waals surface area contributed by atoms with Gasteiger partial charge in [0.25, 0.3) is 0 Å². The van der Waals surface area contributed by atoms with E-state index >= 15 is 0 Å². The first kappa shape index (κ1) is 14.4. The average molecular weight is 270 g/mol. The van der Waals surface area contributed by atoms with Gasteiger partial charge in [0.2, 0.25) is 5.91 Å². The minimum Gasteiger partial charge on any atom is -0.373 e.